The predicted octanol–water partition coefficient (Wildman–Crippen LogP) is 8.12. The molecule has 0 radical (unpaired) electrons. The van der Waals surface area contributed by atoms with Crippen molar-refractivity contribution in [3.8, 4) is 11.5 Å². The summed E-state index contributed by atoms with van der Waals surface area (Å²) in [5, 5.41) is 5.39. The van der Waals surface area contributed by atoms with E-state index in [1.807, 2.05) is 41.5 Å². The number of amides is 2. The molecule has 4 fully saturated rings. The molecule has 1 aromatic heterocycles. The van der Waals surface area contributed by atoms with Gasteiger partial charge in [0.2, 0.25) is 5.91 Å². The van der Waals surface area contributed by atoms with E-state index in [2.05, 4.69) is 10.2 Å². The molecule has 8 rings (SSSR count). The number of hydrogen-bond donors (Lipinski definition) is 4. The fraction of sp³-hybridized carbons (Fsp3) is 0.569. The molecular weight excluding hydrogens is 1130 g/mol. The topological polar surface area (TPSA) is 296 Å². The van der Waals surface area contributed by atoms with Crippen LogP contribution in [0.4, 0.5) is 0 Å². The highest BCUT2D eigenvalue weighted by atomic mass is 31.2. The van der Waals surface area contributed by atoms with Gasteiger partial charge < -0.3 is 63.3 Å². The van der Waals surface area contributed by atoms with Gasteiger partial charge in [0, 0.05) is 24.0 Å². The molecule has 0 aliphatic carbocycles. The van der Waals surface area contributed by atoms with E-state index in [0.29, 0.717) is 17.6 Å². The molecule has 3 aromatic rings. The molecule has 2 aromatic carbocycles. The van der Waals surface area contributed by atoms with Crippen LogP contribution in [0.3, 0.4) is 0 Å². The Balaban J connectivity index is 0.000000300. The van der Waals surface area contributed by atoms with Crippen LogP contribution in [-0.4, -0.2) is 122 Å². The maximum Gasteiger partial charge on any atom is 0.459 e. The Morgan fingerprint density at radius 1 is 0.667 bits per heavy atom. The number of carbonyl (C=O) groups is 4. The van der Waals surface area contributed by atoms with Gasteiger partial charge in [-0.2, -0.15) is 14.7 Å². The summed E-state index contributed by atoms with van der Waals surface area (Å²) in [5.74, 6) is -3.59. The van der Waals surface area contributed by atoms with Crippen molar-refractivity contribution in [1.82, 2.24) is 15.1 Å². The molecule has 12 atom stereocenters. The third-order valence-electron chi connectivity index (χ3n) is 12.6. The number of rotatable bonds is 22. The first-order chi connectivity index (χ1) is 38.3. The number of aromatic nitrogens is 1. The summed E-state index contributed by atoms with van der Waals surface area (Å²) in [6.07, 6.45) is 3.76. The summed E-state index contributed by atoms with van der Waals surface area (Å²) in [5.41, 5.74) is 11.2. The van der Waals surface area contributed by atoms with Crippen LogP contribution < -0.4 is 35.3 Å². The average Bonchev–Trinajstić information content (AvgIpc) is 1.92. The van der Waals surface area contributed by atoms with Crippen molar-refractivity contribution in [2.24, 2.45) is 22.3 Å². The SMILES string of the molecule is C.C.CC(NP(=O)(OCC1O[C@@H](N2C=CCC(C(N)=O)=C2)[C@@H]2OC(C)(C)O[C@H]12)Oc1ccccc1)C(=O)OCC(C)(C)C.CC(NP(=O)(OCC1O[C@@H]([n+]2cccc(C(N)=O)c2)[C@@H]2OC(C)(C)O[C@H]12)Oc1ccccc1)C(=O)OCC(C)(C)C. The van der Waals surface area contributed by atoms with E-state index in [1.165, 1.54) is 13.8 Å². The van der Waals surface area contributed by atoms with Gasteiger partial charge in [-0.1, -0.05) is 98.9 Å². The van der Waals surface area contributed by atoms with E-state index in [4.69, 9.17) is 67.5 Å². The van der Waals surface area contributed by atoms with Crippen molar-refractivity contribution in [1.29, 1.82) is 0 Å². The van der Waals surface area contributed by atoms with E-state index in [-0.39, 0.29) is 63.6 Å². The molecule has 2 amide bonds. The van der Waals surface area contributed by atoms with Crippen LogP contribution in [0.15, 0.2) is 109 Å². The molecule has 0 bridgehead atoms. The molecule has 24 nitrogen and oxygen atoms in total. The van der Waals surface area contributed by atoms with E-state index in [1.54, 1.807) is 141 Å². The number of para-hydroxylation sites is 2. The predicted molar refractivity (Wildman–Crippen MR) is 309 cm³/mol. The van der Waals surface area contributed by atoms with Gasteiger partial charge in [-0.3, -0.25) is 28.2 Å². The van der Waals surface area contributed by atoms with Crippen molar-refractivity contribution >= 4 is 39.2 Å². The largest absolute Gasteiger partial charge is 0.464 e. The van der Waals surface area contributed by atoms with E-state index >= 15 is 0 Å². The number of esters is 2. The molecule has 6 unspecified atom stereocenters. The van der Waals surface area contributed by atoms with Crippen molar-refractivity contribution in [3.05, 3.63) is 115 Å². The Morgan fingerprint density at radius 3 is 1.58 bits per heavy atom. The average molecular weight is 1220 g/mol. The number of fused-ring (bicyclic) bond motifs is 2. The quantitative estimate of drug-likeness (QED) is 0.0419. The molecule has 0 spiro atoms. The highest BCUT2D eigenvalue weighted by Crippen LogP contribution is 2.49. The molecular formula is C58H87N6O18P2+. The first-order valence-electron chi connectivity index (χ1n) is 26.9. The van der Waals surface area contributed by atoms with Gasteiger partial charge in [-0.05, 0) is 89.1 Å². The molecule has 5 aliphatic rings. The molecule has 6 N–H and O–H groups in total. The number of pyridine rings is 1. The standard InChI is InChI=1S/C28H40N3O9P.C28H38N3O9P.2CH4/c2*1-18(26(33)35-17-27(2,3)4)30-41(34,40-20-12-8-7-9-13-20)36-16-21-22-23(39-28(5,6)38-22)25(37-21)31-14-10-11-19(15-31)24(29)32;;/h7-10,12-15,18,21-23,25H,11,16-17H2,1-6H3,(H2,29,32)(H,30,34);7-15,18,21-23,25H,16-17H2,1-6H3,(H2-,29,30,32,34);2*1H4/p+1/t2*18?,21?,22-,23-,25-,41?;;/m11../s1. The van der Waals surface area contributed by atoms with Crippen molar-refractivity contribution in [2.45, 2.75) is 177 Å². The Hall–Kier alpha value is -5.59. The first kappa shape index (κ1) is 69.2. The number of benzene rings is 2. The van der Waals surface area contributed by atoms with Gasteiger partial charge in [0.25, 0.3) is 12.1 Å². The highest BCUT2D eigenvalue weighted by molar-refractivity contribution is 7.52. The minimum Gasteiger partial charge on any atom is -0.464 e. The number of hydrogen-bond acceptors (Lipinski definition) is 19. The molecule has 84 heavy (non-hydrogen) atoms. The minimum atomic E-state index is -4.14. The second-order valence-corrected chi connectivity index (χ2v) is 27.0. The van der Waals surface area contributed by atoms with Crippen LogP contribution in [0, 0.1) is 10.8 Å². The van der Waals surface area contributed by atoms with Gasteiger partial charge >= 0.3 is 27.4 Å². The summed E-state index contributed by atoms with van der Waals surface area (Å²) < 4.78 is 101. The van der Waals surface area contributed by atoms with Crippen molar-refractivity contribution < 1.29 is 88.9 Å². The zero-order valence-corrected chi connectivity index (χ0v) is 50.2. The van der Waals surface area contributed by atoms with Crippen molar-refractivity contribution in [2.75, 3.05) is 26.4 Å². The van der Waals surface area contributed by atoms with Crippen LogP contribution >= 0.6 is 15.5 Å². The Morgan fingerprint density at radius 2 is 1.12 bits per heavy atom. The zero-order valence-electron chi connectivity index (χ0n) is 48.4. The minimum absolute atomic E-state index is 0. The van der Waals surface area contributed by atoms with Crippen LogP contribution in [0.25, 0.3) is 0 Å². The Bertz CT molecular complexity index is 2880. The lowest BCUT2D eigenvalue weighted by atomic mass is 9.99. The molecule has 4 saturated heterocycles. The number of nitrogens with one attached hydrogen (secondary N) is 2. The van der Waals surface area contributed by atoms with Crippen LogP contribution in [-0.2, 0) is 70.5 Å². The fourth-order valence-corrected chi connectivity index (χ4v) is 11.9. The lowest BCUT2D eigenvalue weighted by Gasteiger charge is -2.31. The van der Waals surface area contributed by atoms with Crippen LogP contribution in [0.1, 0.15) is 121 Å². The smallest absolute Gasteiger partial charge is 0.459 e. The Labute approximate surface area is 493 Å². The number of carbonyl (C=O) groups excluding carboxylic acids is 4. The van der Waals surface area contributed by atoms with Gasteiger partial charge in [0.05, 0.1) is 26.4 Å². The number of nitrogens with two attached hydrogens (primary N) is 2. The molecule has 0 saturated carbocycles. The third-order valence-corrected chi connectivity index (χ3v) is 15.9. The van der Waals surface area contributed by atoms with Gasteiger partial charge in [-0.25, -0.2) is 9.13 Å². The molecule has 26 heteroatoms. The number of allylic oxidation sites excluding steroid dienone is 1. The second-order valence-electron chi connectivity index (χ2n) is 23.7. The fourth-order valence-electron chi connectivity index (χ4n) is 8.93. The number of primary amides is 2. The summed E-state index contributed by atoms with van der Waals surface area (Å²) >= 11 is 0. The van der Waals surface area contributed by atoms with E-state index in [0.717, 1.165) is 0 Å². The molecule has 6 heterocycles. The van der Waals surface area contributed by atoms with Gasteiger partial charge in [-0.15, -0.1) is 0 Å². The Kier molecular flexibility index (Phi) is 23.3. The van der Waals surface area contributed by atoms with Crippen molar-refractivity contribution in [3.63, 3.8) is 0 Å². The lowest BCUT2D eigenvalue weighted by molar-refractivity contribution is -0.766. The maximum atomic E-state index is 14.0. The maximum absolute atomic E-state index is 14.0. The second kappa shape index (κ2) is 28.3. The van der Waals surface area contributed by atoms with Gasteiger partial charge in [0.15, 0.2) is 36.3 Å². The number of nitrogens with zero attached hydrogens (tertiary/aromatic N) is 2. The normalized spacial score (nSPS) is 25.9. The van der Waals surface area contributed by atoms with Crippen LogP contribution in [0.2, 0.25) is 0 Å². The van der Waals surface area contributed by atoms with Crippen LogP contribution in [0.5, 0.6) is 11.5 Å². The summed E-state index contributed by atoms with van der Waals surface area (Å²) in [6.45, 7) is 21.7. The van der Waals surface area contributed by atoms with E-state index in [9.17, 15) is 28.3 Å². The van der Waals surface area contributed by atoms with E-state index < -0.39 is 112 Å². The zero-order chi connectivity index (χ0) is 60.0. The number of ether oxygens (including phenoxy) is 8. The summed E-state index contributed by atoms with van der Waals surface area (Å²) in [6, 6.07) is 18.2. The summed E-state index contributed by atoms with van der Waals surface area (Å²) in [7, 11) is -8.28. The molecule has 466 valence electrons. The highest BCUT2D eigenvalue weighted by Gasteiger charge is 2.60. The summed E-state index contributed by atoms with van der Waals surface area (Å²) in [4.78, 5) is 50.6. The lowest BCUT2D eigenvalue weighted by Crippen LogP contribution is -2.46. The first-order valence-corrected chi connectivity index (χ1v) is 30.0. The monoisotopic (exact) mass is 1220 g/mol. The molecule has 5 aliphatic heterocycles. The van der Waals surface area contributed by atoms with Gasteiger partial charge in [0.1, 0.15) is 59.7 Å². The third kappa shape index (κ3) is 19.2.